The summed E-state index contributed by atoms with van der Waals surface area (Å²) in [4.78, 5) is 11.1. The molecular formula is C10H20ClNO2. The Labute approximate surface area is 92.7 Å². The Morgan fingerprint density at radius 3 is 2.14 bits per heavy atom. The van der Waals surface area contributed by atoms with Crippen molar-refractivity contribution >= 4 is 5.97 Å². The third-order valence-electron chi connectivity index (χ3n) is 1.46. The summed E-state index contributed by atoms with van der Waals surface area (Å²) < 4.78 is 5.92. The van der Waals surface area contributed by atoms with Gasteiger partial charge in [-0.1, -0.05) is 6.58 Å². The average Bonchev–Trinajstić information content (AvgIpc) is 1.81. The van der Waals surface area contributed by atoms with Gasteiger partial charge in [-0.25, -0.2) is 4.79 Å². The molecule has 0 N–H and O–H groups in total. The molecule has 0 aromatic heterocycles. The molecule has 84 valence electrons. The summed E-state index contributed by atoms with van der Waals surface area (Å²) in [6.07, 6.45) is -0.0656. The van der Waals surface area contributed by atoms with Gasteiger partial charge in [0.15, 0.2) is 0 Å². The van der Waals surface area contributed by atoms with Gasteiger partial charge in [0.2, 0.25) is 0 Å². The monoisotopic (exact) mass is 221 g/mol. The highest BCUT2D eigenvalue weighted by Gasteiger charge is 2.17. The Balaban J connectivity index is 0. The lowest BCUT2D eigenvalue weighted by Gasteiger charge is -2.27. The maximum absolute atomic E-state index is 11.1. The Morgan fingerprint density at radius 2 is 1.86 bits per heavy atom. The van der Waals surface area contributed by atoms with E-state index in [2.05, 4.69) is 27.7 Å². The fourth-order valence-corrected chi connectivity index (χ4v) is 1.09. The van der Waals surface area contributed by atoms with Crippen molar-refractivity contribution < 1.29 is 26.4 Å². The van der Waals surface area contributed by atoms with E-state index in [-0.39, 0.29) is 24.5 Å². The molecule has 0 saturated carbocycles. The van der Waals surface area contributed by atoms with Gasteiger partial charge in [-0.2, -0.15) is 0 Å². The molecule has 0 aliphatic rings. The van der Waals surface area contributed by atoms with Crippen LogP contribution in [0.5, 0.6) is 0 Å². The van der Waals surface area contributed by atoms with Gasteiger partial charge in [0, 0.05) is 5.57 Å². The highest BCUT2D eigenvalue weighted by molar-refractivity contribution is 5.87. The van der Waals surface area contributed by atoms with Crippen molar-refractivity contribution in [3.63, 3.8) is 0 Å². The molecule has 4 heteroatoms. The molecule has 14 heavy (non-hydrogen) atoms. The number of ether oxygens (including phenoxy) is 1. The zero-order chi connectivity index (χ0) is 10.6. The van der Waals surface area contributed by atoms with Gasteiger partial charge in [0.1, 0.15) is 12.6 Å². The van der Waals surface area contributed by atoms with E-state index in [4.69, 9.17) is 4.74 Å². The summed E-state index contributed by atoms with van der Waals surface area (Å²) >= 11 is 0. The van der Waals surface area contributed by atoms with Crippen LogP contribution in [0.3, 0.4) is 0 Å². The first-order chi connectivity index (χ1) is 5.72. The summed E-state index contributed by atoms with van der Waals surface area (Å²) in [5.41, 5.74) is 0.452. The molecule has 0 aliphatic heterocycles. The third kappa shape index (κ3) is 8.08. The number of rotatable bonds is 4. The van der Waals surface area contributed by atoms with E-state index in [1.807, 2.05) is 6.92 Å². The predicted molar refractivity (Wildman–Crippen MR) is 53.3 cm³/mol. The average molecular weight is 222 g/mol. The minimum Gasteiger partial charge on any atom is -1.00 e. The van der Waals surface area contributed by atoms with Gasteiger partial charge in [-0.3, -0.25) is 0 Å². The topological polar surface area (TPSA) is 26.3 Å². The molecule has 0 spiro atoms. The lowest BCUT2D eigenvalue weighted by molar-refractivity contribution is -0.873. The minimum atomic E-state index is -0.305. The fourth-order valence-electron chi connectivity index (χ4n) is 1.09. The summed E-state index contributed by atoms with van der Waals surface area (Å²) in [5.74, 6) is -0.305. The summed E-state index contributed by atoms with van der Waals surface area (Å²) in [6.45, 7) is 7.88. The first kappa shape index (κ1) is 15.9. The number of esters is 1. The lowest BCUT2D eigenvalue weighted by Crippen LogP contribution is -3.00. The predicted octanol–water partition coefficient (Wildman–Crippen LogP) is -1.80. The van der Waals surface area contributed by atoms with Crippen LogP contribution in [0.15, 0.2) is 12.2 Å². The summed E-state index contributed by atoms with van der Waals surface area (Å²) in [5, 5.41) is 0. The van der Waals surface area contributed by atoms with Crippen molar-refractivity contribution in [2.45, 2.75) is 20.0 Å². The van der Waals surface area contributed by atoms with Crippen LogP contribution in [0.1, 0.15) is 13.8 Å². The Bertz CT molecular complexity index is 209. The second kappa shape index (κ2) is 6.04. The molecule has 3 nitrogen and oxygen atoms in total. The molecule has 1 atom stereocenters. The van der Waals surface area contributed by atoms with Crippen molar-refractivity contribution in [1.29, 1.82) is 0 Å². The van der Waals surface area contributed by atoms with E-state index >= 15 is 0 Å². The van der Waals surface area contributed by atoms with Crippen LogP contribution in [-0.2, 0) is 9.53 Å². The van der Waals surface area contributed by atoms with Gasteiger partial charge in [-0.15, -0.1) is 0 Å². The molecule has 0 rings (SSSR count). The van der Waals surface area contributed by atoms with Crippen LogP contribution < -0.4 is 12.4 Å². The van der Waals surface area contributed by atoms with Gasteiger partial charge in [0.25, 0.3) is 0 Å². The van der Waals surface area contributed by atoms with Crippen molar-refractivity contribution in [2.24, 2.45) is 0 Å². The van der Waals surface area contributed by atoms with E-state index < -0.39 is 0 Å². The van der Waals surface area contributed by atoms with Crippen molar-refractivity contribution in [1.82, 2.24) is 0 Å². The highest BCUT2D eigenvalue weighted by Crippen LogP contribution is 2.02. The number of carbonyl (C=O) groups is 1. The molecule has 0 fully saturated rings. The molecule has 0 aromatic rings. The van der Waals surface area contributed by atoms with Crippen molar-refractivity contribution in [3.8, 4) is 0 Å². The van der Waals surface area contributed by atoms with Gasteiger partial charge < -0.3 is 21.6 Å². The van der Waals surface area contributed by atoms with Crippen LogP contribution >= 0.6 is 0 Å². The van der Waals surface area contributed by atoms with E-state index in [1.165, 1.54) is 0 Å². The number of hydrogen-bond acceptors (Lipinski definition) is 2. The van der Waals surface area contributed by atoms with Gasteiger partial charge in [-0.05, 0) is 13.8 Å². The lowest BCUT2D eigenvalue weighted by atomic mass is 10.3. The summed E-state index contributed by atoms with van der Waals surface area (Å²) in [6, 6.07) is 0. The van der Waals surface area contributed by atoms with Crippen LogP contribution in [0, 0.1) is 0 Å². The number of halogens is 1. The van der Waals surface area contributed by atoms with Crippen LogP contribution in [-0.4, -0.2) is 44.2 Å². The van der Waals surface area contributed by atoms with Crippen molar-refractivity contribution in [2.75, 3.05) is 27.7 Å². The molecule has 0 bridgehead atoms. The second-order valence-electron chi connectivity index (χ2n) is 4.47. The van der Waals surface area contributed by atoms with E-state index in [0.29, 0.717) is 5.57 Å². The fraction of sp³-hybridized carbons (Fsp3) is 0.700. The zero-order valence-electron chi connectivity index (χ0n) is 9.63. The second-order valence-corrected chi connectivity index (χ2v) is 4.47. The van der Waals surface area contributed by atoms with E-state index in [1.54, 1.807) is 6.92 Å². The maximum Gasteiger partial charge on any atom is 0.333 e. The first-order valence-electron chi connectivity index (χ1n) is 4.39. The molecule has 0 saturated heterocycles. The normalized spacial score (nSPS) is 12.6. The molecule has 0 amide bonds. The molecule has 0 heterocycles. The SMILES string of the molecule is C=C(C)C(=O)OC(C)C[N+](C)(C)C.[Cl-]. The highest BCUT2D eigenvalue weighted by atomic mass is 35.5. The largest absolute Gasteiger partial charge is 1.00 e. The van der Waals surface area contributed by atoms with E-state index in [9.17, 15) is 4.79 Å². The molecule has 0 radical (unpaired) electrons. The van der Waals surface area contributed by atoms with Crippen LogP contribution in [0.4, 0.5) is 0 Å². The van der Waals surface area contributed by atoms with Crippen molar-refractivity contribution in [3.05, 3.63) is 12.2 Å². The molecular weight excluding hydrogens is 202 g/mol. The number of hydrogen-bond donors (Lipinski definition) is 0. The minimum absolute atomic E-state index is 0. The molecule has 0 aliphatic carbocycles. The van der Waals surface area contributed by atoms with E-state index in [0.717, 1.165) is 11.0 Å². The number of quaternary nitrogens is 1. The Morgan fingerprint density at radius 1 is 1.43 bits per heavy atom. The van der Waals surface area contributed by atoms with Crippen LogP contribution in [0.2, 0.25) is 0 Å². The third-order valence-corrected chi connectivity index (χ3v) is 1.46. The standard InChI is InChI=1S/C10H20NO2.ClH/c1-8(2)10(12)13-9(3)7-11(4,5)6;/h9H,1,7H2,2-6H3;1H/q+1;/p-1. The maximum atomic E-state index is 11.1. The zero-order valence-corrected chi connectivity index (χ0v) is 10.4. The molecule has 0 aromatic carbocycles. The number of carbonyl (C=O) groups excluding carboxylic acids is 1. The van der Waals surface area contributed by atoms with Gasteiger partial charge in [0.05, 0.1) is 21.1 Å². The summed E-state index contributed by atoms with van der Waals surface area (Å²) in [7, 11) is 6.18. The van der Waals surface area contributed by atoms with Gasteiger partial charge >= 0.3 is 5.97 Å². The first-order valence-corrected chi connectivity index (χ1v) is 4.39. The quantitative estimate of drug-likeness (QED) is 0.318. The molecule has 1 unspecified atom stereocenters. The smallest absolute Gasteiger partial charge is 0.333 e. The Kier molecular flexibility index (Phi) is 6.86. The van der Waals surface area contributed by atoms with Crippen LogP contribution in [0.25, 0.3) is 0 Å². The number of nitrogens with zero attached hydrogens (tertiary/aromatic N) is 1. The number of likely N-dealkylation sites (N-methyl/N-ethyl adjacent to an activating group) is 1. The Hall–Kier alpha value is -0.540.